The van der Waals surface area contributed by atoms with Crippen LogP contribution in [0.4, 0.5) is 0 Å². The van der Waals surface area contributed by atoms with E-state index in [0.717, 1.165) is 0 Å². The van der Waals surface area contributed by atoms with Gasteiger partial charge in [0.2, 0.25) is 0 Å². The second-order valence-electron chi connectivity index (χ2n) is 3.34. The van der Waals surface area contributed by atoms with Gasteiger partial charge >= 0.3 is 0 Å². The Balaban J connectivity index is 0. The molecule has 0 aliphatic heterocycles. The highest BCUT2D eigenvalue weighted by Gasteiger charge is 1.89. The van der Waals surface area contributed by atoms with Crippen molar-refractivity contribution in [1.29, 1.82) is 0 Å². The van der Waals surface area contributed by atoms with Crippen LogP contribution in [0.5, 0.6) is 0 Å². The third-order valence-electron chi connectivity index (χ3n) is 2.19. The fourth-order valence-corrected chi connectivity index (χ4v) is 1.42. The first-order valence-electron chi connectivity index (χ1n) is 5.04. The van der Waals surface area contributed by atoms with Crippen molar-refractivity contribution in [2.45, 2.75) is 53.0 Å². The van der Waals surface area contributed by atoms with Crippen LogP contribution in [0.2, 0.25) is 0 Å². The van der Waals surface area contributed by atoms with Crippen molar-refractivity contribution in [2.75, 3.05) is 0 Å². The van der Waals surface area contributed by atoms with Gasteiger partial charge in [0.25, 0.3) is 0 Å². The maximum atomic E-state index is 2.26. The zero-order chi connectivity index (χ0) is 8.65. The van der Waals surface area contributed by atoms with Gasteiger partial charge in [0, 0.05) is 18.9 Å². The summed E-state index contributed by atoms with van der Waals surface area (Å²) in [6.07, 6.45) is 11.1. The summed E-state index contributed by atoms with van der Waals surface area (Å²) in [5, 5.41) is 0. The summed E-state index contributed by atoms with van der Waals surface area (Å²) in [4.78, 5) is 0. The highest BCUT2D eigenvalue weighted by Crippen LogP contribution is 2.04. The average molecular weight is 199 g/mol. The van der Waals surface area contributed by atoms with Crippen molar-refractivity contribution >= 4 is 0 Å². The fourth-order valence-electron chi connectivity index (χ4n) is 1.42. The summed E-state index contributed by atoms with van der Waals surface area (Å²) < 4.78 is 2.26. The highest BCUT2D eigenvalue weighted by atomic mass is 16.0. The minimum absolute atomic E-state index is 0. The molecule has 0 radical (unpaired) electrons. The molecule has 0 atom stereocenters. The van der Waals surface area contributed by atoms with Crippen LogP contribution in [0.3, 0.4) is 0 Å². The van der Waals surface area contributed by atoms with E-state index in [2.05, 4.69) is 36.0 Å². The van der Waals surface area contributed by atoms with Crippen molar-refractivity contribution in [3.05, 3.63) is 24.5 Å². The van der Waals surface area contributed by atoms with Crippen LogP contribution < -0.4 is 0 Å². The molecule has 1 aromatic rings. The molecule has 0 aliphatic rings. The molecule has 0 amide bonds. The quantitative estimate of drug-likeness (QED) is 0.631. The fraction of sp³-hybridized carbons (Fsp3) is 0.667. The Morgan fingerprint density at radius 3 is 2.07 bits per heavy atom. The van der Waals surface area contributed by atoms with Crippen LogP contribution in [0.15, 0.2) is 24.5 Å². The SMILES string of the molecule is C.CCCCCCCn1cccc1.O. The monoisotopic (exact) mass is 199 g/mol. The van der Waals surface area contributed by atoms with Crippen molar-refractivity contribution < 1.29 is 5.48 Å². The Morgan fingerprint density at radius 1 is 0.929 bits per heavy atom. The van der Waals surface area contributed by atoms with E-state index in [9.17, 15) is 0 Å². The third-order valence-corrected chi connectivity index (χ3v) is 2.19. The molecular weight excluding hydrogens is 174 g/mol. The summed E-state index contributed by atoms with van der Waals surface area (Å²) in [5.74, 6) is 0. The van der Waals surface area contributed by atoms with Gasteiger partial charge in [0.1, 0.15) is 0 Å². The predicted molar refractivity (Wildman–Crippen MR) is 63.5 cm³/mol. The van der Waals surface area contributed by atoms with Crippen molar-refractivity contribution in [3.63, 3.8) is 0 Å². The zero-order valence-electron chi connectivity index (χ0n) is 8.50. The first kappa shape index (κ1) is 15.7. The number of rotatable bonds is 6. The predicted octanol–water partition coefficient (Wildman–Crippen LogP) is 3.27. The summed E-state index contributed by atoms with van der Waals surface area (Å²) in [6, 6.07) is 4.18. The van der Waals surface area contributed by atoms with Gasteiger partial charge in [-0.3, -0.25) is 0 Å². The molecule has 84 valence electrons. The minimum Gasteiger partial charge on any atom is -0.412 e. The van der Waals surface area contributed by atoms with Gasteiger partial charge in [-0.15, -0.1) is 0 Å². The molecule has 0 saturated heterocycles. The Hall–Kier alpha value is -0.760. The maximum Gasteiger partial charge on any atom is 0.0219 e. The van der Waals surface area contributed by atoms with E-state index in [-0.39, 0.29) is 12.9 Å². The highest BCUT2D eigenvalue weighted by molar-refractivity contribution is 4.89. The number of hydrogen-bond donors (Lipinski definition) is 0. The second kappa shape index (κ2) is 10.3. The maximum absolute atomic E-state index is 2.26. The van der Waals surface area contributed by atoms with E-state index in [1.165, 1.54) is 38.6 Å². The van der Waals surface area contributed by atoms with Crippen LogP contribution in [0.25, 0.3) is 0 Å². The van der Waals surface area contributed by atoms with Crippen molar-refractivity contribution in [3.8, 4) is 0 Å². The lowest BCUT2D eigenvalue weighted by Gasteiger charge is -2.01. The normalized spacial score (nSPS) is 8.93. The Morgan fingerprint density at radius 2 is 1.50 bits per heavy atom. The summed E-state index contributed by atoms with van der Waals surface area (Å²) in [7, 11) is 0. The molecule has 1 aromatic heterocycles. The zero-order valence-corrected chi connectivity index (χ0v) is 8.50. The Bertz CT molecular complexity index is 182. The molecule has 0 aliphatic carbocycles. The number of aryl methyl sites for hydroxylation is 1. The van der Waals surface area contributed by atoms with Gasteiger partial charge < -0.3 is 10.0 Å². The van der Waals surface area contributed by atoms with Crippen molar-refractivity contribution in [2.24, 2.45) is 0 Å². The summed E-state index contributed by atoms with van der Waals surface area (Å²) >= 11 is 0. The lowest BCUT2D eigenvalue weighted by Crippen LogP contribution is -1.93. The standard InChI is InChI=1S/C11H19N.CH4.H2O/c1-2-3-4-5-6-9-12-10-7-8-11-12;;/h7-8,10-11H,2-6,9H2,1H3;1H4;1H2. The van der Waals surface area contributed by atoms with Crippen LogP contribution in [-0.4, -0.2) is 10.0 Å². The molecule has 14 heavy (non-hydrogen) atoms. The van der Waals surface area contributed by atoms with E-state index >= 15 is 0 Å². The van der Waals surface area contributed by atoms with E-state index in [0.29, 0.717) is 0 Å². The molecule has 1 rings (SSSR count). The molecule has 0 spiro atoms. The van der Waals surface area contributed by atoms with Gasteiger partial charge in [-0.1, -0.05) is 40.0 Å². The lowest BCUT2D eigenvalue weighted by atomic mass is 10.1. The second-order valence-corrected chi connectivity index (χ2v) is 3.34. The molecule has 0 aromatic carbocycles. The van der Waals surface area contributed by atoms with Gasteiger partial charge in [0.15, 0.2) is 0 Å². The molecule has 1 heterocycles. The van der Waals surface area contributed by atoms with Crippen molar-refractivity contribution in [1.82, 2.24) is 4.57 Å². The van der Waals surface area contributed by atoms with E-state index in [1.807, 2.05) is 0 Å². The largest absolute Gasteiger partial charge is 0.412 e. The molecule has 0 bridgehead atoms. The van der Waals surface area contributed by atoms with Gasteiger partial charge in [-0.25, -0.2) is 0 Å². The number of unbranched alkanes of at least 4 members (excludes halogenated alkanes) is 4. The molecule has 0 unspecified atom stereocenters. The van der Waals surface area contributed by atoms with Gasteiger partial charge in [0.05, 0.1) is 0 Å². The van der Waals surface area contributed by atoms with Crippen LogP contribution in [0.1, 0.15) is 46.5 Å². The number of nitrogens with zero attached hydrogens (tertiary/aromatic N) is 1. The number of hydrogen-bond acceptors (Lipinski definition) is 0. The van der Waals surface area contributed by atoms with Crippen LogP contribution >= 0.6 is 0 Å². The number of aromatic nitrogens is 1. The molecule has 0 saturated carbocycles. The molecule has 2 nitrogen and oxygen atoms in total. The lowest BCUT2D eigenvalue weighted by molar-refractivity contribution is 0.570. The third kappa shape index (κ3) is 6.72. The first-order chi connectivity index (χ1) is 5.93. The van der Waals surface area contributed by atoms with Crippen LogP contribution in [-0.2, 0) is 6.54 Å². The smallest absolute Gasteiger partial charge is 0.0219 e. The average Bonchev–Trinajstić information content (AvgIpc) is 2.57. The Labute approximate surface area is 88.3 Å². The van der Waals surface area contributed by atoms with Gasteiger partial charge in [-0.2, -0.15) is 0 Å². The molecule has 2 heteroatoms. The molecular formula is C12H25NO. The van der Waals surface area contributed by atoms with E-state index in [1.54, 1.807) is 0 Å². The molecule has 0 fully saturated rings. The topological polar surface area (TPSA) is 36.4 Å². The van der Waals surface area contributed by atoms with E-state index < -0.39 is 0 Å². The van der Waals surface area contributed by atoms with Gasteiger partial charge in [-0.05, 0) is 18.6 Å². The molecule has 2 N–H and O–H groups in total. The Kier molecular flexibility index (Phi) is 11.6. The minimum atomic E-state index is 0. The first-order valence-corrected chi connectivity index (χ1v) is 5.04. The van der Waals surface area contributed by atoms with E-state index in [4.69, 9.17) is 0 Å². The summed E-state index contributed by atoms with van der Waals surface area (Å²) in [6.45, 7) is 3.45. The summed E-state index contributed by atoms with van der Waals surface area (Å²) in [5.41, 5.74) is 0. The van der Waals surface area contributed by atoms with Crippen LogP contribution in [0, 0.1) is 0 Å².